The van der Waals surface area contributed by atoms with Crippen LogP contribution >= 0.6 is 0 Å². The Balaban J connectivity index is 1.83. The summed E-state index contributed by atoms with van der Waals surface area (Å²) >= 11 is 0. The molecule has 1 aromatic rings. The van der Waals surface area contributed by atoms with Gasteiger partial charge >= 0.3 is 0 Å². The van der Waals surface area contributed by atoms with Crippen molar-refractivity contribution in [1.29, 1.82) is 0 Å². The summed E-state index contributed by atoms with van der Waals surface area (Å²) in [4.78, 5) is 6.23. The monoisotopic (exact) mass is 265 g/mol. The molecule has 5 heteroatoms. The van der Waals surface area contributed by atoms with Crippen molar-refractivity contribution in [2.45, 2.75) is 12.8 Å². The standard InChI is InChI=1S/C14H20FN3O/c15-12-3-1-6-17-13(12)18-7-8-19-11-14(10-18)4-2-5-16-9-14/h1,3,6,16H,2,4-5,7-11H2/t14-/m0/s1. The first-order chi connectivity index (χ1) is 9.29. The molecule has 1 atom stereocenters. The third kappa shape index (κ3) is 2.72. The van der Waals surface area contributed by atoms with Crippen LogP contribution in [0.15, 0.2) is 18.3 Å². The van der Waals surface area contributed by atoms with Gasteiger partial charge in [-0.15, -0.1) is 0 Å². The number of anilines is 1. The molecular weight excluding hydrogens is 245 g/mol. The molecular formula is C14H20FN3O. The molecule has 2 aliphatic rings. The maximum Gasteiger partial charge on any atom is 0.165 e. The van der Waals surface area contributed by atoms with Crippen molar-refractivity contribution in [2.24, 2.45) is 5.41 Å². The van der Waals surface area contributed by atoms with E-state index in [1.54, 1.807) is 12.3 Å². The predicted molar refractivity (Wildman–Crippen MR) is 71.8 cm³/mol. The van der Waals surface area contributed by atoms with Crippen LogP contribution in [0.25, 0.3) is 0 Å². The van der Waals surface area contributed by atoms with Gasteiger partial charge in [0.15, 0.2) is 11.6 Å². The van der Waals surface area contributed by atoms with Gasteiger partial charge in [-0.1, -0.05) is 0 Å². The fourth-order valence-corrected chi connectivity index (χ4v) is 3.07. The minimum atomic E-state index is -0.247. The average molecular weight is 265 g/mol. The van der Waals surface area contributed by atoms with Crippen LogP contribution in [-0.4, -0.2) is 44.4 Å². The second-order valence-electron chi connectivity index (χ2n) is 5.56. The number of aromatic nitrogens is 1. The molecule has 2 fully saturated rings. The van der Waals surface area contributed by atoms with E-state index >= 15 is 0 Å². The van der Waals surface area contributed by atoms with Gasteiger partial charge in [0.2, 0.25) is 0 Å². The zero-order valence-corrected chi connectivity index (χ0v) is 11.1. The fourth-order valence-electron chi connectivity index (χ4n) is 3.07. The Morgan fingerprint density at radius 1 is 1.47 bits per heavy atom. The number of piperidine rings is 1. The van der Waals surface area contributed by atoms with Gasteiger partial charge in [-0.25, -0.2) is 9.37 Å². The van der Waals surface area contributed by atoms with Crippen molar-refractivity contribution in [2.75, 3.05) is 44.3 Å². The molecule has 1 N–H and O–H groups in total. The van der Waals surface area contributed by atoms with Crippen molar-refractivity contribution >= 4 is 5.82 Å². The number of halogens is 1. The van der Waals surface area contributed by atoms with E-state index < -0.39 is 0 Å². The fraction of sp³-hybridized carbons (Fsp3) is 0.643. The normalized spacial score (nSPS) is 28.4. The molecule has 3 rings (SSSR count). The summed E-state index contributed by atoms with van der Waals surface area (Å²) in [5, 5.41) is 3.44. The first-order valence-electron chi connectivity index (χ1n) is 6.93. The van der Waals surface area contributed by atoms with Gasteiger partial charge in [-0.05, 0) is 31.5 Å². The van der Waals surface area contributed by atoms with Crippen molar-refractivity contribution in [3.8, 4) is 0 Å². The van der Waals surface area contributed by atoms with Crippen LogP contribution in [0.4, 0.5) is 10.2 Å². The van der Waals surface area contributed by atoms with Gasteiger partial charge in [-0.3, -0.25) is 0 Å². The number of hydrogen-bond donors (Lipinski definition) is 1. The molecule has 0 bridgehead atoms. The van der Waals surface area contributed by atoms with Crippen LogP contribution in [0.1, 0.15) is 12.8 Å². The molecule has 0 radical (unpaired) electrons. The molecule has 1 spiro atoms. The summed E-state index contributed by atoms with van der Waals surface area (Å²) in [5.41, 5.74) is 0.0959. The summed E-state index contributed by atoms with van der Waals surface area (Å²) in [6, 6.07) is 3.10. The first kappa shape index (κ1) is 12.8. The highest BCUT2D eigenvalue weighted by molar-refractivity contribution is 5.40. The highest BCUT2D eigenvalue weighted by atomic mass is 19.1. The Bertz CT molecular complexity index is 434. The molecule has 0 aromatic carbocycles. The molecule has 104 valence electrons. The molecule has 0 unspecified atom stereocenters. The Morgan fingerprint density at radius 2 is 2.42 bits per heavy atom. The SMILES string of the molecule is Fc1cccnc1N1CCOC[C@]2(CCCNC2)C1. The Kier molecular flexibility index (Phi) is 3.66. The van der Waals surface area contributed by atoms with E-state index in [0.29, 0.717) is 19.0 Å². The Labute approximate surface area is 113 Å². The van der Waals surface area contributed by atoms with Crippen molar-refractivity contribution < 1.29 is 9.13 Å². The number of rotatable bonds is 1. The van der Waals surface area contributed by atoms with E-state index in [1.165, 1.54) is 6.07 Å². The molecule has 2 aliphatic heterocycles. The maximum absolute atomic E-state index is 13.9. The molecule has 0 amide bonds. The van der Waals surface area contributed by atoms with E-state index in [2.05, 4.69) is 10.3 Å². The molecule has 2 saturated heterocycles. The number of hydrogen-bond acceptors (Lipinski definition) is 4. The molecule has 3 heterocycles. The lowest BCUT2D eigenvalue weighted by Crippen LogP contribution is -2.49. The summed E-state index contributed by atoms with van der Waals surface area (Å²) < 4.78 is 19.6. The summed E-state index contributed by atoms with van der Waals surface area (Å²) in [5.74, 6) is 0.210. The summed E-state index contributed by atoms with van der Waals surface area (Å²) in [6.45, 7) is 4.92. The highest BCUT2D eigenvalue weighted by Crippen LogP contribution is 2.31. The second kappa shape index (κ2) is 5.43. The molecule has 4 nitrogen and oxygen atoms in total. The van der Waals surface area contributed by atoms with Gasteiger partial charge < -0.3 is 15.0 Å². The quantitative estimate of drug-likeness (QED) is 0.833. The number of nitrogens with zero attached hydrogens (tertiary/aromatic N) is 2. The van der Waals surface area contributed by atoms with Crippen LogP contribution in [0.3, 0.4) is 0 Å². The van der Waals surface area contributed by atoms with Crippen LogP contribution < -0.4 is 10.2 Å². The van der Waals surface area contributed by atoms with Crippen molar-refractivity contribution in [1.82, 2.24) is 10.3 Å². The summed E-state index contributed by atoms with van der Waals surface area (Å²) in [6.07, 6.45) is 3.93. The number of ether oxygens (including phenoxy) is 1. The van der Waals surface area contributed by atoms with E-state index in [9.17, 15) is 4.39 Å². The van der Waals surface area contributed by atoms with Crippen LogP contribution in [0.2, 0.25) is 0 Å². The smallest absolute Gasteiger partial charge is 0.165 e. The van der Waals surface area contributed by atoms with Crippen molar-refractivity contribution in [3.05, 3.63) is 24.1 Å². The molecule has 19 heavy (non-hydrogen) atoms. The Hall–Kier alpha value is -1.20. The van der Waals surface area contributed by atoms with Crippen LogP contribution in [0.5, 0.6) is 0 Å². The lowest BCUT2D eigenvalue weighted by atomic mass is 9.81. The number of pyridine rings is 1. The van der Waals surface area contributed by atoms with Gasteiger partial charge in [0, 0.05) is 31.2 Å². The lowest BCUT2D eigenvalue weighted by Gasteiger charge is -2.39. The average Bonchev–Trinajstić information content (AvgIpc) is 2.63. The minimum absolute atomic E-state index is 0.0959. The summed E-state index contributed by atoms with van der Waals surface area (Å²) in [7, 11) is 0. The molecule has 1 aromatic heterocycles. The van der Waals surface area contributed by atoms with Gasteiger partial charge in [0.25, 0.3) is 0 Å². The van der Waals surface area contributed by atoms with Gasteiger partial charge in [0.1, 0.15) is 0 Å². The van der Waals surface area contributed by atoms with E-state index in [0.717, 1.165) is 39.1 Å². The van der Waals surface area contributed by atoms with Crippen LogP contribution in [-0.2, 0) is 4.74 Å². The molecule has 0 saturated carbocycles. The first-order valence-corrected chi connectivity index (χ1v) is 6.93. The zero-order valence-electron chi connectivity index (χ0n) is 11.1. The van der Waals surface area contributed by atoms with E-state index in [-0.39, 0.29) is 11.2 Å². The van der Waals surface area contributed by atoms with E-state index in [1.807, 2.05) is 4.90 Å². The third-order valence-corrected chi connectivity index (χ3v) is 4.04. The highest BCUT2D eigenvalue weighted by Gasteiger charge is 2.36. The van der Waals surface area contributed by atoms with Crippen LogP contribution in [0, 0.1) is 11.2 Å². The molecule has 0 aliphatic carbocycles. The minimum Gasteiger partial charge on any atom is -0.379 e. The largest absolute Gasteiger partial charge is 0.379 e. The van der Waals surface area contributed by atoms with E-state index in [4.69, 9.17) is 4.74 Å². The lowest BCUT2D eigenvalue weighted by molar-refractivity contribution is 0.0536. The third-order valence-electron chi connectivity index (χ3n) is 4.04. The maximum atomic E-state index is 13.9. The van der Waals surface area contributed by atoms with Crippen molar-refractivity contribution in [3.63, 3.8) is 0 Å². The second-order valence-corrected chi connectivity index (χ2v) is 5.56. The predicted octanol–water partition coefficient (Wildman–Crippen LogP) is 1.43. The topological polar surface area (TPSA) is 37.4 Å². The Morgan fingerprint density at radius 3 is 3.21 bits per heavy atom. The number of nitrogens with one attached hydrogen (secondary N) is 1. The van der Waals surface area contributed by atoms with Gasteiger partial charge in [0.05, 0.1) is 13.2 Å². The zero-order chi connectivity index (χ0) is 13.1. The van der Waals surface area contributed by atoms with Gasteiger partial charge in [-0.2, -0.15) is 0 Å².